The van der Waals surface area contributed by atoms with Crippen LogP contribution in [0.15, 0.2) is 36.7 Å². The molecule has 82 valence electrons. The predicted octanol–water partition coefficient (Wildman–Crippen LogP) is 2.56. The minimum Gasteiger partial charge on any atom is -0.240 e. The third kappa shape index (κ3) is 2.16. The van der Waals surface area contributed by atoms with Crippen molar-refractivity contribution in [1.82, 2.24) is 15.0 Å². The van der Waals surface area contributed by atoms with Crippen molar-refractivity contribution >= 4 is 0 Å². The van der Waals surface area contributed by atoms with Gasteiger partial charge in [0.2, 0.25) is 0 Å². The van der Waals surface area contributed by atoms with Gasteiger partial charge in [0, 0.05) is 12.4 Å². The second-order valence-corrected chi connectivity index (χ2v) is 2.98. The Morgan fingerprint density at radius 2 is 1.62 bits per heavy atom. The molecule has 2 rings (SSSR count). The summed E-state index contributed by atoms with van der Waals surface area (Å²) in [6.45, 7) is 0. The van der Waals surface area contributed by atoms with Crippen molar-refractivity contribution in [3.8, 4) is 11.5 Å². The van der Waals surface area contributed by atoms with Gasteiger partial charge < -0.3 is 0 Å². The van der Waals surface area contributed by atoms with Gasteiger partial charge in [0.1, 0.15) is 11.4 Å². The van der Waals surface area contributed by atoms with E-state index in [4.69, 9.17) is 0 Å². The van der Waals surface area contributed by atoms with Crippen LogP contribution in [-0.2, 0) is 6.18 Å². The molecule has 0 unspecified atom stereocenters. The van der Waals surface area contributed by atoms with Crippen molar-refractivity contribution in [2.24, 2.45) is 0 Å². The molecule has 6 heteroatoms. The van der Waals surface area contributed by atoms with E-state index in [1.54, 1.807) is 6.07 Å². The minimum atomic E-state index is -4.45. The molecule has 2 aromatic heterocycles. The normalized spacial score (nSPS) is 11.4. The van der Waals surface area contributed by atoms with Gasteiger partial charge in [-0.3, -0.25) is 0 Å². The third-order valence-corrected chi connectivity index (χ3v) is 1.83. The molecule has 0 aliphatic rings. The molecule has 16 heavy (non-hydrogen) atoms. The number of pyridine rings is 1. The molecule has 0 aliphatic heterocycles. The van der Waals surface area contributed by atoms with E-state index in [-0.39, 0.29) is 11.5 Å². The van der Waals surface area contributed by atoms with E-state index in [1.165, 1.54) is 24.5 Å². The maximum Gasteiger partial charge on any atom is 0.433 e. The average molecular weight is 225 g/mol. The summed E-state index contributed by atoms with van der Waals surface area (Å²) in [6.07, 6.45) is -1.56. The first kappa shape index (κ1) is 10.5. The molecule has 2 aromatic rings. The van der Waals surface area contributed by atoms with Crippen LogP contribution in [0.4, 0.5) is 13.2 Å². The van der Waals surface area contributed by atoms with E-state index in [2.05, 4.69) is 15.0 Å². The van der Waals surface area contributed by atoms with Crippen LogP contribution >= 0.6 is 0 Å². The minimum absolute atomic E-state index is 0.107. The van der Waals surface area contributed by atoms with Crippen LogP contribution in [0.25, 0.3) is 11.5 Å². The predicted molar refractivity (Wildman–Crippen MR) is 50.3 cm³/mol. The summed E-state index contributed by atoms with van der Waals surface area (Å²) in [5.41, 5.74) is -0.840. The fourth-order valence-electron chi connectivity index (χ4n) is 1.15. The van der Waals surface area contributed by atoms with Gasteiger partial charge in [-0.05, 0) is 18.2 Å². The molecule has 3 nitrogen and oxygen atoms in total. The summed E-state index contributed by atoms with van der Waals surface area (Å²) in [5, 5.41) is 0. The average Bonchev–Trinajstić information content (AvgIpc) is 2.29. The van der Waals surface area contributed by atoms with Gasteiger partial charge in [0.25, 0.3) is 0 Å². The summed E-state index contributed by atoms with van der Waals surface area (Å²) in [6, 6.07) is 5.20. The number of hydrogen-bond acceptors (Lipinski definition) is 3. The van der Waals surface area contributed by atoms with Crippen molar-refractivity contribution in [1.29, 1.82) is 0 Å². The van der Waals surface area contributed by atoms with E-state index in [9.17, 15) is 13.2 Å². The fourth-order valence-corrected chi connectivity index (χ4v) is 1.15. The highest BCUT2D eigenvalue weighted by atomic mass is 19.4. The van der Waals surface area contributed by atoms with E-state index in [0.29, 0.717) is 0 Å². The summed E-state index contributed by atoms with van der Waals surface area (Å²) in [7, 11) is 0. The Morgan fingerprint density at radius 3 is 2.25 bits per heavy atom. The van der Waals surface area contributed by atoms with Gasteiger partial charge in [-0.25, -0.2) is 15.0 Å². The zero-order valence-electron chi connectivity index (χ0n) is 7.94. The van der Waals surface area contributed by atoms with Crippen LogP contribution < -0.4 is 0 Å². The Hall–Kier alpha value is -1.98. The maximum atomic E-state index is 12.4. The molecule has 0 saturated carbocycles. The smallest absolute Gasteiger partial charge is 0.240 e. The Labute approximate surface area is 89.0 Å². The van der Waals surface area contributed by atoms with Gasteiger partial charge in [0.15, 0.2) is 5.82 Å². The van der Waals surface area contributed by atoms with E-state index < -0.39 is 11.9 Å². The Morgan fingerprint density at radius 1 is 0.938 bits per heavy atom. The SMILES string of the molecule is FC(F)(F)c1cccc(-c2ncccn2)n1. The molecular formula is C10H6F3N3. The highest BCUT2D eigenvalue weighted by Gasteiger charge is 2.32. The van der Waals surface area contributed by atoms with Gasteiger partial charge in [-0.15, -0.1) is 0 Å². The third-order valence-electron chi connectivity index (χ3n) is 1.83. The molecule has 0 fully saturated rings. The number of nitrogens with zero attached hydrogens (tertiary/aromatic N) is 3. The van der Waals surface area contributed by atoms with Crippen LogP contribution in [-0.4, -0.2) is 15.0 Å². The van der Waals surface area contributed by atoms with Crippen molar-refractivity contribution in [3.63, 3.8) is 0 Å². The standard InChI is InChI=1S/C10H6F3N3/c11-10(12,13)8-4-1-3-7(16-8)9-14-5-2-6-15-9/h1-6H. The highest BCUT2D eigenvalue weighted by Crippen LogP contribution is 2.28. The molecule has 0 radical (unpaired) electrons. The lowest BCUT2D eigenvalue weighted by Gasteiger charge is -2.06. The lowest BCUT2D eigenvalue weighted by Crippen LogP contribution is -2.08. The molecular weight excluding hydrogens is 219 g/mol. The van der Waals surface area contributed by atoms with Gasteiger partial charge in [0.05, 0.1) is 0 Å². The first-order valence-electron chi connectivity index (χ1n) is 4.39. The van der Waals surface area contributed by atoms with Crippen LogP contribution in [0.3, 0.4) is 0 Å². The zero-order chi connectivity index (χ0) is 11.6. The number of halogens is 3. The number of rotatable bonds is 1. The van der Waals surface area contributed by atoms with E-state index in [1.807, 2.05) is 0 Å². The molecule has 0 bridgehead atoms. The van der Waals surface area contributed by atoms with Gasteiger partial charge in [-0.1, -0.05) is 6.07 Å². The molecule has 0 spiro atoms. The topological polar surface area (TPSA) is 38.7 Å². The lowest BCUT2D eigenvalue weighted by molar-refractivity contribution is -0.141. The molecule has 0 aromatic carbocycles. The van der Waals surface area contributed by atoms with E-state index >= 15 is 0 Å². The quantitative estimate of drug-likeness (QED) is 0.748. The van der Waals surface area contributed by atoms with Crippen molar-refractivity contribution in [2.75, 3.05) is 0 Å². The first-order chi connectivity index (χ1) is 7.57. The van der Waals surface area contributed by atoms with Crippen LogP contribution in [0.2, 0.25) is 0 Å². The van der Waals surface area contributed by atoms with Crippen LogP contribution in [0, 0.1) is 0 Å². The lowest BCUT2D eigenvalue weighted by atomic mass is 10.3. The van der Waals surface area contributed by atoms with Crippen LogP contribution in [0.1, 0.15) is 5.69 Å². The van der Waals surface area contributed by atoms with Crippen molar-refractivity contribution in [3.05, 3.63) is 42.4 Å². The Balaban J connectivity index is 2.45. The fraction of sp³-hybridized carbons (Fsp3) is 0.100. The number of alkyl halides is 3. The monoisotopic (exact) mass is 225 g/mol. The zero-order valence-corrected chi connectivity index (χ0v) is 7.94. The highest BCUT2D eigenvalue weighted by molar-refractivity contribution is 5.48. The molecule has 0 atom stereocenters. The molecule has 0 aliphatic carbocycles. The largest absolute Gasteiger partial charge is 0.433 e. The van der Waals surface area contributed by atoms with Gasteiger partial charge in [-0.2, -0.15) is 13.2 Å². The number of hydrogen-bond donors (Lipinski definition) is 0. The van der Waals surface area contributed by atoms with Crippen molar-refractivity contribution < 1.29 is 13.2 Å². The summed E-state index contributed by atoms with van der Waals surface area (Å²) in [5.74, 6) is 0.175. The summed E-state index contributed by atoms with van der Waals surface area (Å²) >= 11 is 0. The number of aromatic nitrogens is 3. The van der Waals surface area contributed by atoms with Gasteiger partial charge >= 0.3 is 6.18 Å². The molecule has 0 N–H and O–H groups in total. The van der Waals surface area contributed by atoms with E-state index in [0.717, 1.165) is 6.07 Å². The molecule has 2 heterocycles. The van der Waals surface area contributed by atoms with Crippen LogP contribution in [0.5, 0.6) is 0 Å². The van der Waals surface area contributed by atoms with Crippen molar-refractivity contribution in [2.45, 2.75) is 6.18 Å². The first-order valence-corrected chi connectivity index (χ1v) is 4.39. The Bertz CT molecular complexity index is 482. The summed E-state index contributed by atoms with van der Waals surface area (Å²) < 4.78 is 37.1. The second kappa shape index (κ2) is 3.88. The molecule has 0 saturated heterocycles. The maximum absolute atomic E-state index is 12.4. The summed E-state index contributed by atoms with van der Waals surface area (Å²) in [4.78, 5) is 11.1. The second-order valence-electron chi connectivity index (χ2n) is 2.98. The molecule has 0 amide bonds. The Kier molecular flexibility index (Phi) is 2.55.